The van der Waals surface area contributed by atoms with Crippen molar-refractivity contribution in [2.75, 3.05) is 32.7 Å². The Morgan fingerprint density at radius 2 is 1.94 bits per heavy atom. The molecule has 11 nitrogen and oxygen atoms in total. The predicted molar refractivity (Wildman–Crippen MR) is 129 cm³/mol. The molecule has 0 aliphatic carbocycles. The number of nitrogens with zero attached hydrogens (tertiary/aromatic N) is 8. The molecule has 0 amide bonds. The predicted octanol–water partition coefficient (Wildman–Crippen LogP) is 1.99. The maximum Gasteiger partial charge on any atom is 0.260 e. The first-order chi connectivity index (χ1) is 17.0. The van der Waals surface area contributed by atoms with Gasteiger partial charge in [-0.05, 0) is 24.6 Å². The van der Waals surface area contributed by atoms with Crippen molar-refractivity contribution in [2.45, 2.75) is 24.4 Å². The van der Waals surface area contributed by atoms with Crippen molar-refractivity contribution in [3.8, 4) is 17.3 Å². The van der Waals surface area contributed by atoms with Gasteiger partial charge in [-0.2, -0.15) is 14.7 Å². The van der Waals surface area contributed by atoms with E-state index in [9.17, 15) is 13.7 Å². The van der Waals surface area contributed by atoms with Gasteiger partial charge in [0.2, 0.25) is 0 Å². The standard InChI is InChI=1S/C23H25N9O2S/c1-17-2-3-21(26-12-17)35(33,34)31-10-8-30(9-11-31)15-19(4-6-24)32-14-18(13-29-32)22-20-5-7-25-23(20)28-16-27-22/h2-3,5,7,12-14,16,19H,4,8-11,15H2,1H3,(H,25,27,28). The topological polar surface area (TPSA) is 137 Å². The molecule has 0 spiro atoms. The molecule has 5 rings (SSSR count). The second-order valence-electron chi connectivity index (χ2n) is 8.57. The van der Waals surface area contributed by atoms with Crippen molar-refractivity contribution in [1.82, 2.24) is 38.9 Å². The van der Waals surface area contributed by atoms with Crippen molar-refractivity contribution < 1.29 is 8.42 Å². The van der Waals surface area contributed by atoms with Gasteiger partial charge >= 0.3 is 0 Å². The molecule has 180 valence electrons. The summed E-state index contributed by atoms with van der Waals surface area (Å²) in [5.41, 5.74) is 3.30. The fraction of sp³-hybridized carbons (Fsp3) is 0.348. The fourth-order valence-corrected chi connectivity index (χ4v) is 5.63. The van der Waals surface area contributed by atoms with Crippen LogP contribution in [-0.4, -0.2) is 80.1 Å². The lowest BCUT2D eigenvalue weighted by atomic mass is 10.1. The molecule has 12 heteroatoms. The first-order valence-corrected chi connectivity index (χ1v) is 12.7. The van der Waals surface area contributed by atoms with E-state index in [0.717, 1.165) is 27.9 Å². The Morgan fingerprint density at radius 3 is 2.69 bits per heavy atom. The number of aromatic amines is 1. The molecule has 1 fully saturated rings. The number of fused-ring (bicyclic) bond motifs is 1. The summed E-state index contributed by atoms with van der Waals surface area (Å²) in [6.07, 6.45) is 8.84. The molecule has 1 atom stereocenters. The van der Waals surface area contributed by atoms with Crippen LogP contribution < -0.4 is 0 Å². The Labute approximate surface area is 203 Å². The molecule has 1 saturated heterocycles. The minimum Gasteiger partial charge on any atom is -0.346 e. The highest BCUT2D eigenvalue weighted by molar-refractivity contribution is 7.89. The summed E-state index contributed by atoms with van der Waals surface area (Å²) in [5, 5.41) is 14.9. The summed E-state index contributed by atoms with van der Waals surface area (Å²) in [4.78, 5) is 18.0. The third kappa shape index (κ3) is 4.66. The summed E-state index contributed by atoms with van der Waals surface area (Å²) in [5.74, 6) is 0. The monoisotopic (exact) mass is 491 g/mol. The lowest BCUT2D eigenvalue weighted by molar-refractivity contribution is 0.162. The summed E-state index contributed by atoms with van der Waals surface area (Å²) in [6.45, 7) is 4.33. The second kappa shape index (κ2) is 9.53. The summed E-state index contributed by atoms with van der Waals surface area (Å²) in [7, 11) is -3.62. The fourth-order valence-electron chi connectivity index (χ4n) is 4.30. The zero-order chi connectivity index (χ0) is 24.4. The molecule has 1 aliphatic rings. The average molecular weight is 492 g/mol. The van der Waals surface area contributed by atoms with Crippen molar-refractivity contribution in [3.05, 3.63) is 54.9 Å². The highest BCUT2D eigenvalue weighted by atomic mass is 32.2. The van der Waals surface area contributed by atoms with E-state index >= 15 is 0 Å². The van der Waals surface area contributed by atoms with Gasteiger partial charge in [-0.15, -0.1) is 0 Å². The number of H-pyrrole nitrogens is 1. The van der Waals surface area contributed by atoms with Crippen LogP contribution in [0.4, 0.5) is 0 Å². The maximum atomic E-state index is 12.9. The molecule has 0 saturated carbocycles. The number of hydrogen-bond acceptors (Lipinski definition) is 8. The first kappa shape index (κ1) is 23.1. The Kier molecular flexibility index (Phi) is 6.29. The Bertz CT molecular complexity index is 1460. The molecule has 4 aromatic rings. The molecule has 5 heterocycles. The number of sulfonamides is 1. The number of piperazine rings is 1. The number of nitrogens with one attached hydrogen (secondary N) is 1. The smallest absolute Gasteiger partial charge is 0.260 e. The van der Waals surface area contributed by atoms with E-state index in [1.54, 1.807) is 29.2 Å². The molecule has 1 N–H and O–H groups in total. The minimum atomic E-state index is -3.62. The number of hydrogen-bond donors (Lipinski definition) is 1. The van der Waals surface area contributed by atoms with E-state index < -0.39 is 10.0 Å². The van der Waals surface area contributed by atoms with Gasteiger partial charge in [0, 0.05) is 62.3 Å². The molecule has 1 aliphatic heterocycles. The minimum absolute atomic E-state index is 0.0734. The van der Waals surface area contributed by atoms with Gasteiger partial charge < -0.3 is 4.98 Å². The lowest BCUT2D eigenvalue weighted by Gasteiger charge is -2.35. The Morgan fingerprint density at radius 1 is 1.11 bits per heavy atom. The number of aryl methyl sites for hydroxylation is 1. The van der Waals surface area contributed by atoms with Gasteiger partial charge in [0.25, 0.3) is 10.0 Å². The Balaban J connectivity index is 1.27. The summed E-state index contributed by atoms with van der Waals surface area (Å²) in [6, 6.07) is 7.32. The van der Waals surface area contributed by atoms with Crippen LogP contribution in [0.3, 0.4) is 0 Å². The quantitative estimate of drug-likeness (QED) is 0.414. The Hall–Kier alpha value is -3.66. The van der Waals surface area contributed by atoms with E-state index in [0.29, 0.717) is 32.7 Å². The number of aromatic nitrogens is 6. The molecular weight excluding hydrogens is 466 g/mol. The van der Waals surface area contributed by atoms with Crippen LogP contribution in [0.25, 0.3) is 22.3 Å². The third-order valence-corrected chi connectivity index (χ3v) is 8.03. The van der Waals surface area contributed by atoms with Gasteiger partial charge in [0.05, 0.1) is 30.4 Å². The molecular formula is C23H25N9O2S. The second-order valence-corrected chi connectivity index (χ2v) is 10.5. The first-order valence-electron chi connectivity index (χ1n) is 11.3. The van der Waals surface area contributed by atoms with Gasteiger partial charge in [-0.25, -0.2) is 23.4 Å². The maximum absolute atomic E-state index is 12.9. The van der Waals surface area contributed by atoms with Crippen molar-refractivity contribution in [3.63, 3.8) is 0 Å². The normalized spacial score (nSPS) is 16.3. The van der Waals surface area contributed by atoms with Crippen LogP contribution in [-0.2, 0) is 10.0 Å². The molecule has 4 aromatic heterocycles. The van der Waals surface area contributed by atoms with Crippen molar-refractivity contribution in [2.24, 2.45) is 0 Å². The van der Waals surface area contributed by atoms with Crippen molar-refractivity contribution >= 4 is 21.1 Å². The van der Waals surface area contributed by atoms with E-state index in [1.807, 2.05) is 25.4 Å². The highest BCUT2D eigenvalue weighted by Gasteiger charge is 2.30. The van der Waals surface area contributed by atoms with E-state index in [1.165, 1.54) is 10.6 Å². The van der Waals surface area contributed by atoms with Crippen molar-refractivity contribution in [1.29, 1.82) is 5.26 Å². The van der Waals surface area contributed by atoms with E-state index in [4.69, 9.17) is 0 Å². The third-order valence-electron chi connectivity index (χ3n) is 6.22. The summed E-state index contributed by atoms with van der Waals surface area (Å²) >= 11 is 0. The molecule has 0 aromatic carbocycles. The zero-order valence-corrected chi connectivity index (χ0v) is 20.1. The number of rotatable bonds is 7. The van der Waals surface area contributed by atoms with Crippen LogP contribution in [0, 0.1) is 18.3 Å². The molecule has 0 radical (unpaired) electrons. The molecule has 35 heavy (non-hydrogen) atoms. The average Bonchev–Trinajstić information content (AvgIpc) is 3.54. The van der Waals surface area contributed by atoms with Gasteiger partial charge in [-0.1, -0.05) is 6.07 Å². The van der Waals surface area contributed by atoms with E-state index in [-0.39, 0.29) is 17.5 Å². The SMILES string of the molecule is Cc1ccc(S(=O)(=O)N2CCN(CC(CC#N)n3cc(-c4ncnc5[nH]ccc45)cn3)CC2)nc1. The highest BCUT2D eigenvalue weighted by Crippen LogP contribution is 2.26. The van der Waals surface area contributed by atoms with Gasteiger partial charge in [0.15, 0.2) is 5.03 Å². The number of pyridine rings is 1. The van der Waals surface area contributed by atoms with Crippen LogP contribution in [0.5, 0.6) is 0 Å². The number of nitriles is 1. The van der Waals surface area contributed by atoms with Gasteiger partial charge in [-0.3, -0.25) is 9.58 Å². The molecule has 0 bridgehead atoms. The largest absolute Gasteiger partial charge is 0.346 e. The van der Waals surface area contributed by atoms with Crippen LogP contribution >= 0.6 is 0 Å². The van der Waals surface area contributed by atoms with Gasteiger partial charge in [0.1, 0.15) is 12.0 Å². The molecule has 1 unspecified atom stereocenters. The van der Waals surface area contributed by atoms with Crippen LogP contribution in [0.1, 0.15) is 18.0 Å². The lowest BCUT2D eigenvalue weighted by Crippen LogP contribution is -2.49. The van der Waals surface area contributed by atoms with Crippen LogP contribution in [0.2, 0.25) is 0 Å². The zero-order valence-electron chi connectivity index (χ0n) is 19.2. The summed E-state index contributed by atoms with van der Waals surface area (Å²) < 4.78 is 29.2. The van der Waals surface area contributed by atoms with E-state index in [2.05, 4.69) is 36.0 Å². The van der Waals surface area contributed by atoms with Crippen LogP contribution in [0.15, 0.2) is 54.3 Å².